The minimum atomic E-state index is -2.76. The summed E-state index contributed by atoms with van der Waals surface area (Å²) in [4.78, 5) is 11.3. The lowest BCUT2D eigenvalue weighted by Gasteiger charge is -2.34. The quantitative estimate of drug-likeness (QED) is 0.500. The number of carbonyl (C=O) groups excluding carboxylic acids is 1. The molecule has 0 spiro atoms. The predicted molar refractivity (Wildman–Crippen MR) is 72.3 cm³/mol. The van der Waals surface area contributed by atoms with Crippen LogP contribution in [0.25, 0.3) is 0 Å². The van der Waals surface area contributed by atoms with E-state index in [1.165, 1.54) is 11.4 Å². The number of hydrogen-bond acceptors (Lipinski definition) is 4. The highest BCUT2D eigenvalue weighted by atomic mass is 32.7. The maximum absolute atomic E-state index is 13.0. The van der Waals surface area contributed by atoms with Gasteiger partial charge in [0.15, 0.2) is 0 Å². The summed E-state index contributed by atoms with van der Waals surface area (Å²) in [6.07, 6.45) is 0.889. The fraction of sp³-hybridized carbons (Fsp3) is 0.364. The Morgan fingerprint density at radius 2 is 2.17 bits per heavy atom. The third-order valence-corrected chi connectivity index (χ3v) is 8.51. The zero-order valence-electron chi connectivity index (χ0n) is 9.78. The highest BCUT2D eigenvalue weighted by Crippen LogP contribution is 2.62. The van der Waals surface area contributed by atoms with E-state index in [0.29, 0.717) is 6.54 Å². The molecule has 0 bridgehead atoms. The molecule has 98 valence electrons. The average molecular weight is 286 g/mol. The van der Waals surface area contributed by atoms with Crippen molar-refractivity contribution >= 4 is 29.1 Å². The first-order valence-corrected chi connectivity index (χ1v) is 8.90. The van der Waals surface area contributed by atoms with Gasteiger partial charge < -0.3 is 0 Å². The van der Waals surface area contributed by atoms with Crippen molar-refractivity contribution in [3.05, 3.63) is 30.3 Å². The third kappa shape index (κ3) is 2.78. The molecule has 1 amide bonds. The molecule has 5 nitrogen and oxygen atoms in total. The molecule has 0 radical (unpaired) electrons. The summed E-state index contributed by atoms with van der Waals surface area (Å²) in [6, 6.07) is 9.20. The molecule has 1 aliphatic heterocycles. The van der Waals surface area contributed by atoms with Crippen molar-refractivity contribution in [2.24, 2.45) is 0 Å². The van der Waals surface area contributed by atoms with Crippen molar-refractivity contribution < 1.29 is 14.6 Å². The lowest BCUT2D eigenvalue weighted by molar-refractivity contribution is -0.129. The fourth-order valence-electron chi connectivity index (χ4n) is 1.88. The van der Waals surface area contributed by atoms with Crippen molar-refractivity contribution in [3.63, 3.8) is 0 Å². The molecule has 2 N–H and O–H groups in total. The van der Waals surface area contributed by atoms with Crippen LogP contribution in [0.2, 0.25) is 0 Å². The van der Waals surface area contributed by atoms with Gasteiger partial charge in [-0.25, -0.2) is 10.2 Å². The summed E-state index contributed by atoms with van der Waals surface area (Å²) in [7, 11) is 0. The van der Waals surface area contributed by atoms with Gasteiger partial charge in [-0.15, -0.1) is 0 Å². The standard InChI is InChI=1S/C11H15N2O3PS/c14-11(12-15)9-13-7-4-8-18-17(13,16)10-5-2-1-3-6-10/h1-3,5-6,15H,4,7-9H2,(H,12,14). The normalized spacial score (nSPS) is 24.7. The smallest absolute Gasteiger partial charge is 0.257 e. The molecular formula is C11H15N2O3PS. The van der Waals surface area contributed by atoms with Gasteiger partial charge in [-0.05, 0) is 18.6 Å². The molecule has 1 saturated heterocycles. The van der Waals surface area contributed by atoms with E-state index in [1.807, 2.05) is 30.3 Å². The lowest BCUT2D eigenvalue weighted by Crippen LogP contribution is -2.37. The van der Waals surface area contributed by atoms with Crippen LogP contribution in [0, 0.1) is 0 Å². The van der Waals surface area contributed by atoms with E-state index in [2.05, 4.69) is 0 Å². The largest absolute Gasteiger partial charge is 0.289 e. The number of hydroxylamine groups is 1. The summed E-state index contributed by atoms with van der Waals surface area (Å²) in [5, 5.41) is 9.33. The van der Waals surface area contributed by atoms with Gasteiger partial charge in [0.2, 0.25) is 6.49 Å². The second-order valence-electron chi connectivity index (χ2n) is 3.97. The van der Waals surface area contributed by atoms with Gasteiger partial charge in [0.1, 0.15) is 0 Å². The van der Waals surface area contributed by atoms with Gasteiger partial charge in [-0.2, -0.15) is 0 Å². The van der Waals surface area contributed by atoms with E-state index in [9.17, 15) is 9.36 Å². The molecule has 1 aliphatic rings. The van der Waals surface area contributed by atoms with E-state index in [0.717, 1.165) is 17.5 Å². The molecule has 1 atom stereocenters. The van der Waals surface area contributed by atoms with Crippen LogP contribution in [-0.2, 0) is 9.36 Å². The maximum Gasteiger partial charge on any atom is 0.257 e. The van der Waals surface area contributed by atoms with Gasteiger partial charge in [0.05, 0.1) is 6.54 Å². The van der Waals surface area contributed by atoms with E-state index in [-0.39, 0.29) is 6.54 Å². The molecule has 0 aliphatic carbocycles. The first kappa shape index (κ1) is 13.6. The van der Waals surface area contributed by atoms with E-state index in [1.54, 1.807) is 10.2 Å². The number of benzene rings is 1. The molecule has 1 unspecified atom stereocenters. The zero-order valence-corrected chi connectivity index (χ0v) is 11.5. The van der Waals surface area contributed by atoms with E-state index < -0.39 is 12.4 Å². The zero-order chi connectivity index (χ0) is 13.0. The summed E-state index contributed by atoms with van der Waals surface area (Å²) in [6.45, 7) is -2.21. The lowest BCUT2D eigenvalue weighted by atomic mass is 10.4. The van der Waals surface area contributed by atoms with Crippen molar-refractivity contribution in [1.82, 2.24) is 10.2 Å². The van der Waals surface area contributed by atoms with Crippen LogP contribution in [0.1, 0.15) is 6.42 Å². The van der Waals surface area contributed by atoms with Crippen molar-refractivity contribution in [2.75, 3.05) is 18.8 Å². The predicted octanol–water partition coefficient (Wildman–Crippen LogP) is 1.45. The maximum atomic E-state index is 13.0. The van der Waals surface area contributed by atoms with Crippen LogP contribution >= 0.6 is 17.9 Å². The minimum absolute atomic E-state index is 0.0460. The Labute approximate surface area is 110 Å². The number of rotatable bonds is 3. The Morgan fingerprint density at radius 1 is 1.44 bits per heavy atom. The van der Waals surface area contributed by atoms with Crippen LogP contribution in [0.4, 0.5) is 0 Å². The molecule has 2 rings (SSSR count). The van der Waals surface area contributed by atoms with Crippen molar-refractivity contribution in [1.29, 1.82) is 0 Å². The molecule has 1 fully saturated rings. The summed E-state index contributed by atoms with van der Waals surface area (Å²) < 4.78 is 14.7. The Bertz CT molecular complexity index is 469. The number of hydrogen-bond donors (Lipinski definition) is 2. The molecule has 1 aromatic rings. The molecular weight excluding hydrogens is 271 g/mol. The van der Waals surface area contributed by atoms with Gasteiger partial charge >= 0.3 is 0 Å². The van der Waals surface area contributed by atoms with E-state index in [4.69, 9.17) is 5.21 Å². The van der Waals surface area contributed by atoms with E-state index >= 15 is 0 Å². The molecule has 0 aromatic heterocycles. The molecule has 1 heterocycles. The van der Waals surface area contributed by atoms with Gasteiger partial charge in [0, 0.05) is 17.6 Å². The number of nitrogens with one attached hydrogen (secondary N) is 1. The Balaban J connectivity index is 2.27. The van der Waals surface area contributed by atoms with Crippen LogP contribution < -0.4 is 10.8 Å². The second-order valence-corrected chi connectivity index (χ2v) is 9.01. The van der Waals surface area contributed by atoms with Crippen molar-refractivity contribution in [3.8, 4) is 0 Å². The third-order valence-electron chi connectivity index (χ3n) is 2.73. The Hall–Kier alpha value is -0.810. The molecule has 0 saturated carbocycles. The number of nitrogens with zero attached hydrogens (tertiary/aromatic N) is 1. The Kier molecular flexibility index (Phi) is 4.45. The van der Waals surface area contributed by atoms with Crippen LogP contribution in [0.3, 0.4) is 0 Å². The SMILES string of the molecule is O=C(CN1CCCSP1(=O)c1ccccc1)NO. The number of amides is 1. The van der Waals surface area contributed by atoms with Crippen molar-refractivity contribution in [2.45, 2.75) is 6.42 Å². The van der Waals surface area contributed by atoms with Crippen LogP contribution in [0.5, 0.6) is 0 Å². The van der Waals surface area contributed by atoms with Gasteiger partial charge in [-0.3, -0.25) is 14.6 Å². The highest BCUT2D eigenvalue weighted by molar-refractivity contribution is 8.59. The minimum Gasteiger partial charge on any atom is -0.289 e. The molecule has 1 aromatic carbocycles. The topological polar surface area (TPSA) is 69.6 Å². The Morgan fingerprint density at radius 3 is 2.83 bits per heavy atom. The number of carbonyl (C=O) groups is 1. The fourth-order valence-corrected chi connectivity index (χ4v) is 7.14. The first-order chi connectivity index (χ1) is 8.66. The first-order valence-electron chi connectivity index (χ1n) is 5.65. The van der Waals surface area contributed by atoms with Gasteiger partial charge in [-0.1, -0.05) is 29.6 Å². The highest BCUT2D eigenvalue weighted by Gasteiger charge is 2.36. The summed E-state index contributed by atoms with van der Waals surface area (Å²) >= 11 is 1.40. The second kappa shape index (κ2) is 5.89. The summed E-state index contributed by atoms with van der Waals surface area (Å²) in [5.74, 6) is 0.289. The summed E-state index contributed by atoms with van der Waals surface area (Å²) in [5.41, 5.74) is 1.59. The van der Waals surface area contributed by atoms with Crippen LogP contribution in [0.15, 0.2) is 30.3 Å². The monoisotopic (exact) mass is 286 g/mol. The van der Waals surface area contributed by atoms with Crippen LogP contribution in [-0.4, -0.2) is 34.6 Å². The molecule has 18 heavy (non-hydrogen) atoms. The van der Waals surface area contributed by atoms with Gasteiger partial charge in [0.25, 0.3) is 5.91 Å². The average Bonchev–Trinajstić information content (AvgIpc) is 2.42. The molecule has 7 heteroatoms.